The Balaban J connectivity index is 1.05. The molecule has 5 aromatic rings. The molecule has 49 heavy (non-hydrogen) atoms. The van der Waals surface area contributed by atoms with E-state index in [1.807, 2.05) is 60.7 Å². The Morgan fingerprint density at radius 2 is 1.59 bits per heavy atom. The zero-order valence-corrected chi connectivity index (χ0v) is 27.6. The number of carbonyl (C=O) groups is 2. The molecule has 1 saturated carbocycles. The molecule has 0 saturated heterocycles. The zero-order valence-electron chi connectivity index (χ0n) is 27.6. The number of ether oxygens (including phenoxy) is 4. The standard InChI is InChI=1S/C40H41N3O6/c1-46-37-26-33-34(42-23-21-36(33)48-32-19-17-30(18-20-32)43-39(44)29-13-6-3-7-14-29)27-38(37)47-24-10-22-41-35(25-28-11-4-2-5-12-28)40(45)49-31-15-8-9-16-31/h2-7,11-14,17-21,23,26-27,31,35,41H,8-10,15-16,22,24-25H2,1H3,(H,43,44). The quantitative estimate of drug-likeness (QED) is 0.0868. The van der Waals surface area contributed by atoms with Crippen LogP contribution in [0.2, 0.25) is 0 Å². The minimum Gasteiger partial charge on any atom is -0.493 e. The van der Waals surface area contributed by atoms with Gasteiger partial charge in [-0.05, 0) is 99.2 Å². The van der Waals surface area contributed by atoms with Crippen molar-refractivity contribution in [3.05, 3.63) is 120 Å². The summed E-state index contributed by atoms with van der Waals surface area (Å²) >= 11 is 0. The number of anilines is 1. The summed E-state index contributed by atoms with van der Waals surface area (Å²) in [5.74, 6) is 1.97. The van der Waals surface area contributed by atoms with Crippen molar-refractivity contribution in [2.24, 2.45) is 0 Å². The molecule has 9 nitrogen and oxygen atoms in total. The third-order valence-electron chi connectivity index (χ3n) is 8.48. The predicted octanol–water partition coefficient (Wildman–Crippen LogP) is 7.74. The molecule has 0 aliphatic heterocycles. The van der Waals surface area contributed by atoms with E-state index in [2.05, 4.69) is 15.6 Å². The molecule has 2 N–H and O–H groups in total. The maximum atomic E-state index is 13.1. The Morgan fingerprint density at radius 1 is 0.857 bits per heavy atom. The lowest BCUT2D eigenvalue weighted by Gasteiger charge is -2.20. The van der Waals surface area contributed by atoms with E-state index < -0.39 is 6.04 Å². The van der Waals surface area contributed by atoms with Gasteiger partial charge < -0.3 is 29.6 Å². The molecular weight excluding hydrogens is 618 g/mol. The van der Waals surface area contributed by atoms with Crippen molar-refractivity contribution in [2.45, 2.75) is 50.7 Å². The topological polar surface area (TPSA) is 108 Å². The largest absolute Gasteiger partial charge is 0.493 e. The molecule has 1 heterocycles. The molecule has 1 amide bonds. The van der Waals surface area contributed by atoms with Crippen molar-refractivity contribution in [3.63, 3.8) is 0 Å². The molecule has 1 unspecified atom stereocenters. The number of nitrogens with zero attached hydrogens (tertiary/aromatic N) is 1. The predicted molar refractivity (Wildman–Crippen MR) is 190 cm³/mol. The van der Waals surface area contributed by atoms with Gasteiger partial charge >= 0.3 is 5.97 Å². The van der Waals surface area contributed by atoms with Gasteiger partial charge in [-0.25, -0.2) is 0 Å². The summed E-state index contributed by atoms with van der Waals surface area (Å²) in [5, 5.41) is 7.06. The Morgan fingerprint density at radius 3 is 2.33 bits per heavy atom. The summed E-state index contributed by atoms with van der Waals surface area (Å²) in [7, 11) is 1.60. The minimum atomic E-state index is -0.426. The first-order chi connectivity index (χ1) is 24.1. The molecular formula is C40H41N3O6. The summed E-state index contributed by atoms with van der Waals surface area (Å²) in [6.45, 7) is 0.992. The van der Waals surface area contributed by atoms with Crippen LogP contribution in [0.5, 0.6) is 23.0 Å². The van der Waals surface area contributed by atoms with Crippen LogP contribution in [0.15, 0.2) is 109 Å². The Kier molecular flexibility index (Phi) is 11.4. The summed E-state index contributed by atoms with van der Waals surface area (Å²) in [4.78, 5) is 30.1. The van der Waals surface area contributed by atoms with Gasteiger partial charge in [0.05, 0.1) is 19.2 Å². The fourth-order valence-corrected chi connectivity index (χ4v) is 5.89. The van der Waals surface area contributed by atoms with E-state index in [0.29, 0.717) is 65.8 Å². The highest BCUT2D eigenvalue weighted by molar-refractivity contribution is 6.04. The third kappa shape index (κ3) is 9.15. The van der Waals surface area contributed by atoms with E-state index in [4.69, 9.17) is 18.9 Å². The fraction of sp³-hybridized carbons (Fsp3) is 0.275. The van der Waals surface area contributed by atoms with E-state index in [9.17, 15) is 9.59 Å². The molecule has 0 bridgehead atoms. The Hall–Kier alpha value is -5.41. The number of benzene rings is 4. The number of esters is 1. The number of methoxy groups -OCH3 is 1. The van der Waals surface area contributed by atoms with Gasteiger partial charge in [-0.3, -0.25) is 14.6 Å². The third-order valence-corrected chi connectivity index (χ3v) is 8.48. The molecule has 4 aromatic carbocycles. The van der Waals surface area contributed by atoms with Crippen molar-refractivity contribution in [1.29, 1.82) is 0 Å². The summed E-state index contributed by atoms with van der Waals surface area (Å²) in [6.07, 6.45) is 7.05. The number of fused-ring (bicyclic) bond motifs is 1. The van der Waals surface area contributed by atoms with Crippen molar-refractivity contribution in [2.75, 3.05) is 25.6 Å². The number of pyridine rings is 1. The molecule has 252 valence electrons. The highest BCUT2D eigenvalue weighted by atomic mass is 16.5. The molecule has 0 spiro atoms. The fourth-order valence-electron chi connectivity index (χ4n) is 5.89. The Bertz CT molecular complexity index is 1830. The van der Waals surface area contributed by atoms with E-state index in [0.717, 1.165) is 36.6 Å². The minimum absolute atomic E-state index is 0.0239. The first-order valence-corrected chi connectivity index (χ1v) is 16.8. The second kappa shape index (κ2) is 16.6. The van der Waals surface area contributed by atoms with Gasteiger partial charge in [0.2, 0.25) is 0 Å². The lowest BCUT2D eigenvalue weighted by Crippen LogP contribution is -2.41. The van der Waals surface area contributed by atoms with Crippen molar-refractivity contribution >= 4 is 28.5 Å². The van der Waals surface area contributed by atoms with Crippen LogP contribution in [0, 0.1) is 0 Å². The first-order valence-electron chi connectivity index (χ1n) is 16.8. The maximum absolute atomic E-state index is 13.1. The number of hydrogen-bond donors (Lipinski definition) is 2. The van der Waals surface area contributed by atoms with Crippen LogP contribution >= 0.6 is 0 Å². The number of amides is 1. The second-order valence-corrected chi connectivity index (χ2v) is 12.0. The monoisotopic (exact) mass is 659 g/mol. The van der Waals surface area contributed by atoms with E-state index in [1.54, 1.807) is 55.8 Å². The van der Waals surface area contributed by atoms with Crippen LogP contribution in [0.1, 0.15) is 48.0 Å². The average molecular weight is 660 g/mol. The summed E-state index contributed by atoms with van der Waals surface area (Å²) < 4.78 is 23.9. The molecule has 6 rings (SSSR count). The molecule has 1 atom stereocenters. The maximum Gasteiger partial charge on any atom is 0.323 e. The van der Waals surface area contributed by atoms with Gasteiger partial charge in [0, 0.05) is 28.9 Å². The van der Waals surface area contributed by atoms with Crippen molar-refractivity contribution in [3.8, 4) is 23.0 Å². The number of hydrogen-bond acceptors (Lipinski definition) is 8. The van der Waals surface area contributed by atoms with Crippen molar-refractivity contribution in [1.82, 2.24) is 10.3 Å². The van der Waals surface area contributed by atoms with E-state index in [1.165, 1.54) is 0 Å². The van der Waals surface area contributed by atoms with Crippen LogP contribution in [0.4, 0.5) is 5.69 Å². The average Bonchev–Trinajstić information content (AvgIpc) is 3.65. The van der Waals surface area contributed by atoms with Gasteiger partial charge in [0.25, 0.3) is 5.91 Å². The van der Waals surface area contributed by atoms with Crippen LogP contribution in [0.3, 0.4) is 0 Å². The lowest BCUT2D eigenvalue weighted by atomic mass is 10.1. The van der Waals surface area contributed by atoms with Crippen LogP contribution < -0.4 is 24.8 Å². The molecule has 9 heteroatoms. The van der Waals surface area contributed by atoms with Gasteiger partial charge in [-0.15, -0.1) is 0 Å². The van der Waals surface area contributed by atoms with Gasteiger partial charge in [0.1, 0.15) is 23.6 Å². The van der Waals surface area contributed by atoms with Crippen LogP contribution in [-0.2, 0) is 16.0 Å². The lowest BCUT2D eigenvalue weighted by molar-refractivity contribution is -0.151. The number of nitrogens with one attached hydrogen (secondary N) is 2. The van der Waals surface area contributed by atoms with E-state index >= 15 is 0 Å². The SMILES string of the molecule is COc1cc2c(Oc3ccc(NC(=O)c4ccccc4)cc3)ccnc2cc1OCCCNC(Cc1ccccc1)C(=O)OC1CCCC1. The van der Waals surface area contributed by atoms with Gasteiger partial charge in [0.15, 0.2) is 11.5 Å². The van der Waals surface area contributed by atoms with Crippen LogP contribution in [-0.4, -0.2) is 49.3 Å². The van der Waals surface area contributed by atoms with Gasteiger partial charge in [-0.1, -0.05) is 48.5 Å². The second-order valence-electron chi connectivity index (χ2n) is 12.0. The highest BCUT2D eigenvalue weighted by Crippen LogP contribution is 2.37. The zero-order chi connectivity index (χ0) is 33.8. The van der Waals surface area contributed by atoms with Crippen molar-refractivity contribution < 1.29 is 28.5 Å². The van der Waals surface area contributed by atoms with Gasteiger partial charge in [-0.2, -0.15) is 0 Å². The molecule has 1 aliphatic rings. The number of rotatable bonds is 15. The normalized spacial score (nSPS) is 13.5. The highest BCUT2D eigenvalue weighted by Gasteiger charge is 2.25. The van der Waals surface area contributed by atoms with E-state index in [-0.39, 0.29) is 18.0 Å². The number of carbonyl (C=O) groups excluding carboxylic acids is 2. The van der Waals surface area contributed by atoms with Crippen LogP contribution in [0.25, 0.3) is 10.9 Å². The summed E-state index contributed by atoms with van der Waals surface area (Å²) in [5.41, 5.74) is 3.02. The first kappa shape index (κ1) is 33.5. The molecule has 1 aromatic heterocycles. The Labute approximate surface area is 286 Å². The molecule has 0 radical (unpaired) electrons. The molecule has 1 fully saturated rings. The summed E-state index contributed by atoms with van der Waals surface area (Å²) in [6, 6.07) is 31.3. The molecule has 1 aliphatic carbocycles. The number of aromatic nitrogens is 1. The smallest absolute Gasteiger partial charge is 0.323 e.